The average Bonchev–Trinajstić information content (AvgIpc) is 3.17. The third-order valence-corrected chi connectivity index (χ3v) is 4.79. The molecule has 0 bridgehead atoms. The van der Waals surface area contributed by atoms with Gasteiger partial charge < -0.3 is 10.6 Å². The van der Waals surface area contributed by atoms with Crippen molar-refractivity contribution in [1.29, 1.82) is 0 Å². The Kier molecular flexibility index (Phi) is 6.38. The van der Waals surface area contributed by atoms with Crippen molar-refractivity contribution < 1.29 is 9.59 Å². The van der Waals surface area contributed by atoms with Gasteiger partial charge in [-0.15, -0.1) is 5.10 Å². The molecule has 0 saturated heterocycles. The lowest BCUT2D eigenvalue weighted by molar-refractivity contribution is -0.122. The first-order valence-corrected chi connectivity index (χ1v) is 9.60. The van der Waals surface area contributed by atoms with E-state index >= 15 is 0 Å². The minimum atomic E-state index is -0.270. The summed E-state index contributed by atoms with van der Waals surface area (Å²) in [5.74, 6) is 0.188. The van der Waals surface area contributed by atoms with Gasteiger partial charge in [-0.3, -0.25) is 19.7 Å². The number of nitrogens with one attached hydrogen (secondary N) is 3. The molecular formula is C19H20N6O2S. The van der Waals surface area contributed by atoms with Crippen molar-refractivity contribution in [2.75, 3.05) is 17.6 Å². The third-order valence-electron chi connectivity index (χ3n) is 3.94. The van der Waals surface area contributed by atoms with Gasteiger partial charge in [-0.2, -0.15) is 0 Å². The van der Waals surface area contributed by atoms with Crippen LogP contribution in [0.5, 0.6) is 0 Å². The van der Waals surface area contributed by atoms with E-state index < -0.39 is 0 Å². The molecule has 0 unspecified atom stereocenters. The van der Waals surface area contributed by atoms with Crippen LogP contribution in [0.1, 0.15) is 11.1 Å². The zero-order chi connectivity index (χ0) is 19.9. The lowest BCUT2D eigenvalue weighted by Gasteiger charge is -2.11. The average molecular weight is 396 g/mol. The zero-order valence-corrected chi connectivity index (χ0v) is 16.3. The molecule has 1 aromatic carbocycles. The van der Waals surface area contributed by atoms with Crippen molar-refractivity contribution in [3.63, 3.8) is 0 Å². The smallest absolute Gasteiger partial charge is 0.243 e. The van der Waals surface area contributed by atoms with E-state index in [1.165, 1.54) is 11.8 Å². The molecular weight excluding hydrogens is 376 g/mol. The number of aryl methyl sites for hydroxylation is 2. The monoisotopic (exact) mass is 396 g/mol. The number of pyridine rings is 1. The standard InChI is InChI=1S/C19H20N6O2S/c1-12-4-3-5-13(2)17(12)22-15(26)10-21-16(27)11-28-19-23-18(24-25-19)14-6-8-20-9-7-14/h3-9H,10-11H2,1-2H3,(H,21,27)(H,22,26)(H,23,24,25). The van der Waals surface area contributed by atoms with Crippen LogP contribution in [0.25, 0.3) is 11.4 Å². The number of carbonyl (C=O) groups is 2. The molecule has 0 radical (unpaired) electrons. The predicted molar refractivity (Wildman–Crippen MR) is 108 cm³/mol. The van der Waals surface area contributed by atoms with Gasteiger partial charge in [0.1, 0.15) is 0 Å². The molecule has 3 rings (SSSR count). The summed E-state index contributed by atoms with van der Waals surface area (Å²) in [6, 6.07) is 9.42. The molecule has 0 spiro atoms. The van der Waals surface area contributed by atoms with E-state index in [1.807, 2.05) is 44.2 Å². The maximum absolute atomic E-state index is 12.1. The van der Waals surface area contributed by atoms with Crippen LogP contribution in [0.2, 0.25) is 0 Å². The zero-order valence-electron chi connectivity index (χ0n) is 15.5. The highest BCUT2D eigenvalue weighted by Gasteiger charge is 2.11. The number of benzene rings is 1. The maximum atomic E-state index is 12.1. The summed E-state index contributed by atoms with van der Waals surface area (Å²) in [6.07, 6.45) is 3.34. The van der Waals surface area contributed by atoms with E-state index in [2.05, 4.69) is 30.8 Å². The number of aromatic nitrogens is 4. The van der Waals surface area contributed by atoms with Gasteiger partial charge in [-0.1, -0.05) is 30.0 Å². The molecule has 2 aromatic heterocycles. The van der Waals surface area contributed by atoms with Gasteiger partial charge >= 0.3 is 0 Å². The van der Waals surface area contributed by atoms with E-state index in [9.17, 15) is 9.59 Å². The number of nitrogens with zero attached hydrogens (tertiary/aromatic N) is 3. The fraction of sp³-hybridized carbons (Fsp3) is 0.211. The van der Waals surface area contributed by atoms with Crippen molar-refractivity contribution in [3.05, 3.63) is 53.9 Å². The van der Waals surface area contributed by atoms with Gasteiger partial charge in [0.2, 0.25) is 17.0 Å². The summed E-state index contributed by atoms with van der Waals surface area (Å²) in [4.78, 5) is 32.4. The van der Waals surface area contributed by atoms with Crippen LogP contribution in [-0.4, -0.2) is 44.3 Å². The SMILES string of the molecule is Cc1cccc(C)c1NC(=O)CNC(=O)CSc1n[nH]c(-c2ccncc2)n1. The molecule has 3 N–H and O–H groups in total. The number of H-pyrrole nitrogens is 1. The van der Waals surface area contributed by atoms with Crippen LogP contribution in [0.4, 0.5) is 5.69 Å². The highest BCUT2D eigenvalue weighted by molar-refractivity contribution is 7.99. The van der Waals surface area contributed by atoms with Crippen LogP contribution < -0.4 is 10.6 Å². The number of hydrogen-bond acceptors (Lipinski definition) is 6. The van der Waals surface area contributed by atoms with Crippen LogP contribution in [0, 0.1) is 13.8 Å². The predicted octanol–water partition coefficient (Wildman–Crippen LogP) is 2.33. The fourth-order valence-corrected chi connectivity index (χ4v) is 3.13. The van der Waals surface area contributed by atoms with E-state index in [4.69, 9.17) is 0 Å². The molecule has 144 valence electrons. The Morgan fingerprint density at radius 3 is 2.50 bits per heavy atom. The molecule has 0 fully saturated rings. The highest BCUT2D eigenvalue weighted by atomic mass is 32.2. The number of aromatic amines is 1. The Morgan fingerprint density at radius 1 is 1.07 bits per heavy atom. The topological polar surface area (TPSA) is 113 Å². The summed E-state index contributed by atoms with van der Waals surface area (Å²) in [5, 5.41) is 12.8. The van der Waals surface area contributed by atoms with E-state index in [1.54, 1.807) is 12.4 Å². The Bertz CT molecular complexity index is 953. The summed E-state index contributed by atoms with van der Waals surface area (Å²) >= 11 is 1.19. The van der Waals surface area contributed by atoms with Gasteiger partial charge in [0.05, 0.1) is 12.3 Å². The molecule has 0 aliphatic rings. The number of anilines is 1. The molecule has 0 saturated carbocycles. The van der Waals surface area contributed by atoms with E-state index in [0.29, 0.717) is 11.0 Å². The summed E-state index contributed by atoms with van der Waals surface area (Å²) in [7, 11) is 0. The second-order valence-corrected chi connectivity index (χ2v) is 7.03. The van der Waals surface area contributed by atoms with Crippen LogP contribution in [0.3, 0.4) is 0 Å². The van der Waals surface area contributed by atoms with Gasteiger partial charge in [0.25, 0.3) is 0 Å². The van der Waals surface area contributed by atoms with E-state index in [-0.39, 0.29) is 24.1 Å². The molecule has 2 heterocycles. The lowest BCUT2D eigenvalue weighted by atomic mass is 10.1. The maximum Gasteiger partial charge on any atom is 0.243 e. The van der Waals surface area contributed by atoms with Crippen LogP contribution in [-0.2, 0) is 9.59 Å². The minimum Gasteiger partial charge on any atom is -0.346 e. The normalized spacial score (nSPS) is 10.5. The second kappa shape index (κ2) is 9.14. The van der Waals surface area contributed by atoms with Gasteiger partial charge in [-0.25, -0.2) is 4.98 Å². The largest absolute Gasteiger partial charge is 0.346 e. The molecule has 28 heavy (non-hydrogen) atoms. The number of para-hydroxylation sites is 1. The molecule has 0 aliphatic heterocycles. The van der Waals surface area contributed by atoms with Crippen molar-refractivity contribution >= 4 is 29.3 Å². The number of hydrogen-bond donors (Lipinski definition) is 3. The molecule has 0 aliphatic carbocycles. The number of rotatable bonds is 7. The Labute approximate surface area is 166 Å². The first-order chi connectivity index (χ1) is 13.5. The van der Waals surface area contributed by atoms with Gasteiger partial charge in [0.15, 0.2) is 5.82 Å². The molecule has 3 aromatic rings. The Morgan fingerprint density at radius 2 is 1.79 bits per heavy atom. The van der Waals surface area contributed by atoms with Gasteiger partial charge in [-0.05, 0) is 37.1 Å². The summed E-state index contributed by atoms with van der Waals surface area (Å²) in [5.41, 5.74) is 3.59. The van der Waals surface area contributed by atoms with Gasteiger partial charge in [0, 0.05) is 23.6 Å². The van der Waals surface area contributed by atoms with Crippen molar-refractivity contribution in [2.45, 2.75) is 19.0 Å². The molecule has 0 atom stereocenters. The quantitative estimate of drug-likeness (QED) is 0.529. The molecule has 9 heteroatoms. The highest BCUT2D eigenvalue weighted by Crippen LogP contribution is 2.19. The molecule has 2 amide bonds. The first kappa shape index (κ1) is 19.6. The summed E-state index contributed by atoms with van der Waals surface area (Å²) < 4.78 is 0. The fourth-order valence-electron chi connectivity index (χ4n) is 2.51. The van der Waals surface area contributed by atoms with E-state index in [0.717, 1.165) is 22.4 Å². The number of carbonyl (C=O) groups excluding carboxylic acids is 2. The number of amides is 2. The van der Waals surface area contributed by atoms with Crippen LogP contribution in [0.15, 0.2) is 47.9 Å². The van der Waals surface area contributed by atoms with Crippen molar-refractivity contribution in [2.24, 2.45) is 0 Å². The van der Waals surface area contributed by atoms with Crippen LogP contribution >= 0.6 is 11.8 Å². The Balaban J connectivity index is 1.45. The first-order valence-electron chi connectivity index (χ1n) is 8.61. The number of thioether (sulfide) groups is 1. The van der Waals surface area contributed by atoms with Crippen molar-refractivity contribution in [3.8, 4) is 11.4 Å². The Hall–Kier alpha value is -3.20. The molecule has 8 nitrogen and oxygen atoms in total. The third kappa shape index (κ3) is 5.17. The van der Waals surface area contributed by atoms with Crippen molar-refractivity contribution in [1.82, 2.24) is 25.5 Å². The lowest BCUT2D eigenvalue weighted by Crippen LogP contribution is -2.34. The summed E-state index contributed by atoms with van der Waals surface area (Å²) in [6.45, 7) is 3.76. The second-order valence-electron chi connectivity index (χ2n) is 6.08. The minimum absolute atomic E-state index is 0.0938.